The maximum absolute atomic E-state index is 5.73. The molecule has 1 unspecified atom stereocenters. The molecule has 1 fully saturated rings. The van der Waals surface area contributed by atoms with E-state index < -0.39 is 0 Å². The number of ether oxygens (including phenoxy) is 2. The molecular formula is C17H29BrO2. The van der Waals surface area contributed by atoms with Gasteiger partial charge in [0.05, 0.1) is 0 Å². The first-order chi connectivity index (χ1) is 9.93. The van der Waals surface area contributed by atoms with Crippen molar-refractivity contribution in [3.05, 3.63) is 0 Å². The zero-order valence-corrected chi connectivity index (χ0v) is 14.3. The van der Waals surface area contributed by atoms with Crippen molar-refractivity contribution in [1.82, 2.24) is 0 Å². The maximum Gasteiger partial charge on any atom is 0.157 e. The Hall–Kier alpha value is -0.0400. The lowest BCUT2D eigenvalue weighted by Gasteiger charge is -2.22. The molecular weight excluding hydrogens is 316 g/mol. The average Bonchev–Trinajstić information content (AvgIpc) is 2.49. The Balaban J connectivity index is 1.72. The Labute approximate surface area is 133 Å². The van der Waals surface area contributed by atoms with Crippen LogP contribution in [-0.4, -0.2) is 19.5 Å². The molecule has 3 heteroatoms. The van der Waals surface area contributed by atoms with Gasteiger partial charge in [-0.2, -0.15) is 0 Å². The van der Waals surface area contributed by atoms with Gasteiger partial charge in [0.15, 0.2) is 6.29 Å². The monoisotopic (exact) mass is 344 g/mol. The van der Waals surface area contributed by atoms with Gasteiger partial charge < -0.3 is 9.47 Å². The highest BCUT2D eigenvalue weighted by Crippen LogP contribution is 2.14. The summed E-state index contributed by atoms with van der Waals surface area (Å²) in [7, 11) is 0. The van der Waals surface area contributed by atoms with E-state index in [4.69, 9.17) is 9.47 Å². The van der Waals surface area contributed by atoms with E-state index in [2.05, 4.69) is 26.7 Å². The number of hydrogen-bond acceptors (Lipinski definition) is 2. The summed E-state index contributed by atoms with van der Waals surface area (Å²) in [4.78, 5) is 2.76. The predicted molar refractivity (Wildman–Crippen MR) is 87.8 cm³/mol. The molecule has 0 saturated carbocycles. The highest BCUT2D eigenvalue weighted by atomic mass is 79.9. The van der Waals surface area contributed by atoms with Crippen LogP contribution in [0.25, 0.3) is 0 Å². The highest BCUT2D eigenvalue weighted by molar-refractivity contribution is 9.12. The minimum absolute atomic E-state index is 0.0892. The minimum Gasteiger partial charge on any atom is -0.353 e. The molecule has 0 bridgehead atoms. The van der Waals surface area contributed by atoms with Gasteiger partial charge in [-0.1, -0.05) is 44.4 Å². The Morgan fingerprint density at radius 3 is 2.30 bits per heavy atom. The third-order valence-corrected chi connectivity index (χ3v) is 3.98. The Bertz CT molecular complexity index is 264. The summed E-state index contributed by atoms with van der Waals surface area (Å²) >= 11 is 3.12. The third-order valence-electron chi connectivity index (χ3n) is 3.70. The van der Waals surface area contributed by atoms with Gasteiger partial charge in [-0.3, -0.25) is 0 Å². The molecule has 0 aromatic carbocycles. The quantitative estimate of drug-likeness (QED) is 0.369. The van der Waals surface area contributed by atoms with Crippen molar-refractivity contribution >= 4 is 15.9 Å². The standard InChI is InChI=1S/C17H29BrO2/c18-14-10-7-5-3-1-2-4-6-8-11-15-19-17-13-9-12-16-20-17/h17H,1-9,11-13,15-16H2. The smallest absolute Gasteiger partial charge is 0.157 e. The van der Waals surface area contributed by atoms with Crippen molar-refractivity contribution in [2.75, 3.05) is 13.2 Å². The van der Waals surface area contributed by atoms with Crippen molar-refractivity contribution in [1.29, 1.82) is 0 Å². The van der Waals surface area contributed by atoms with Crippen LogP contribution in [0.15, 0.2) is 0 Å². The molecule has 1 aliphatic heterocycles. The van der Waals surface area contributed by atoms with Gasteiger partial charge in [0.1, 0.15) is 0 Å². The van der Waals surface area contributed by atoms with Crippen molar-refractivity contribution in [2.24, 2.45) is 0 Å². The van der Waals surface area contributed by atoms with Gasteiger partial charge in [-0.15, -0.1) is 0 Å². The fourth-order valence-electron chi connectivity index (χ4n) is 2.48. The third kappa shape index (κ3) is 10.7. The Kier molecular flexibility index (Phi) is 12.5. The van der Waals surface area contributed by atoms with Crippen LogP contribution in [0, 0.1) is 10.8 Å². The van der Waals surface area contributed by atoms with Crippen molar-refractivity contribution in [2.45, 2.75) is 83.3 Å². The maximum atomic E-state index is 5.73. The van der Waals surface area contributed by atoms with Crippen LogP contribution in [0.4, 0.5) is 0 Å². The van der Waals surface area contributed by atoms with Crippen LogP contribution in [0.5, 0.6) is 0 Å². The molecule has 1 heterocycles. The van der Waals surface area contributed by atoms with Crippen LogP contribution in [-0.2, 0) is 9.47 Å². The van der Waals surface area contributed by atoms with Crippen LogP contribution in [0.1, 0.15) is 77.0 Å². The van der Waals surface area contributed by atoms with E-state index in [0.717, 1.165) is 26.1 Å². The van der Waals surface area contributed by atoms with Crippen LogP contribution >= 0.6 is 15.9 Å². The molecule has 0 radical (unpaired) electrons. The molecule has 0 amide bonds. The highest BCUT2D eigenvalue weighted by Gasteiger charge is 2.13. The Morgan fingerprint density at radius 1 is 0.950 bits per heavy atom. The second kappa shape index (κ2) is 13.9. The summed E-state index contributed by atoms with van der Waals surface area (Å²) in [5.74, 6) is 3.04. The lowest BCUT2D eigenvalue weighted by Crippen LogP contribution is -2.22. The lowest BCUT2D eigenvalue weighted by molar-refractivity contribution is -0.162. The van der Waals surface area contributed by atoms with Crippen molar-refractivity contribution in [3.8, 4) is 10.8 Å². The summed E-state index contributed by atoms with van der Waals surface area (Å²) in [5.41, 5.74) is 0. The van der Waals surface area contributed by atoms with Gasteiger partial charge in [0.25, 0.3) is 0 Å². The minimum atomic E-state index is 0.0892. The second-order valence-corrected chi connectivity index (χ2v) is 5.91. The molecule has 20 heavy (non-hydrogen) atoms. The first-order valence-corrected chi connectivity index (χ1v) is 9.04. The van der Waals surface area contributed by atoms with E-state index in [1.54, 1.807) is 0 Å². The summed E-state index contributed by atoms with van der Waals surface area (Å²) in [6.45, 7) is 1.75. The molecule has 0 N–H and O–H groups in total. The largest absolute Gasteiger partial charge is 0.353 e. The molecule has 1 saturated heterocycles. The fraction of sp³-hybridized carbons (Fsp3) is 0.882. The SMILES string of the molecule is BrC#CCCCCCCCCCCOC1CCCCO1. The summed E-state index contributed by atoms with van der Waals surface area (Å²) in [6, 6.07) is 0. The zero-order chi connectivity index (χ0) is 14.3. The van der Waals surface area contributed by atoms with Gasteiger partial charge in [0, 0.05) is 35.6 Å². The number of rotatable bonds is 11. The van der Waals surface area contributed by atoms with Crippen LogP contribution in [0.3, 0.4) is 0 Å². The van der Waals surface area contributed by atoms with Crippen LogP contribution in [0.2, 0.25) is 0 Å². The average molecular weight is 345 g/mol. The number of halogens is 1. The molecule has 1 rings (SSSR count). The van der Waals surface area contributed by atoms with E-state index in [9.17, 15) is 0 Å². The lowest BCUT2D eigenvalue weighted by atomic mass is 10.1. The van der Waals surface area contributed by atoms with E-state index in [1.165, 1.54) is 64.2 Å². The normalized spacial score (nSPS) is 18.6. The van der Waals surface area contributed by atoms with Crippen LogP contribution < -0.4 is 0 Å². The summed E-state index contributed by atoms with van der Waals surface area (Å²) < 4.78 is 11.3. The van der Waals surface area contributed by atoms with E-state index in [-0.39, 0.29) is 6.29 Å². The molecule has 116 valence electrons. The molecule has 0 spiro atoms. The van der Waals surface area contributed by atoms with E-state index in [0.29, 0.717) is 0 Å². The van der Waals surface area contributed by atoms with Crippen molar-refractivity contribution < 1.29 is 9.47 Å². The fourth-order valence-corrected chi connectivity index (χ4v) is 2.68. The number of hydrogen-bond donors (Lipinski definition) is 0. The zero-order valence-electron chi connectivity index (χ0n) is 12.7. The van der Waals surface area contributed by atoms with E-state index in [1.807, 2.05) is 0 Å². The van der Waals surface area contributed by atoms with E-state index >= 15 is 0 Å². The molecule has 1 aliphatic rings. The first kappa shape index (κ1) is 18.0. The van der Waals surface area contributed by atoms with Gasteiger partial charge in [-0.05, 0) is 36.9 Å². The van der Waals surface area contributed by atoms with Gasteiger partial charge >= 0.3 is 0 Å². The molecule has 0 aliphatic carbocycles. The van der Waals surface area contributed by atoms with Gasteiger partial charge in [-0.25, -0.2) is 0 Å². The molecule has 1 atom stereocenters. The summed E-state index contributed by atoms with van der Waals surface area (Å²) in [5, 5.41) is 0. The summed E-state index contributed by atoms with van der Waals surface area (Å²) in [6.07, 6.45) is 15.1. The topological polar surface area (TPSA) is 18.5 Å². The number of unbranched alkanes of at least 4 members (excludes halogenated alkanes) is 8. The predicted octanol–water partition coefficient (Wildman–Crippen LogP) is 5.40. The molecule has 0 aromatic heterocycles. The van der Waals surface area contributed by atoms with Crippen molar-refractivity contribution in [3.63, 3.8) is 0 Å². The first-order valence-electron chi connectivity index (χ1n) is 8.25. The molecule has 0 aromatic rings. The molecule has 2 nitrogen and oxygen atoms in total. The van der Waals surface area contributed by atoms with Gasteiger partial charge in [0.2, 0.25) is 0 Å². The Morgan fingerprint density at radius 2 is 1.65 bits per heavy atom. The second-order valence-electron chi connectivity index (χ2n) is 5.52.